The average Bonchev–Trinajstić information content (AvgIpc) is 3.03. The normalized spacial score (nSPS) is 23.6. The molecule has 2 aromatic heterocycles. The van der Waals surface area contributed by atoms with E-state index in [4.69, 9.17) is 0 Å². The molecule has 4 aliphatic heterocycles. The second-order valence-electron chi connectivity index (χ2n) is 13.3. The molecular formula is C34H46F3N7O. The zero-order valence-corrected chi connectivity index (χ0v) is 26.6. The highest BCUT2D eigenvalue weighted by Crippen LogP contribution is 2.40. The third kappa shape index (κ3) is 6.99. The molecule has 0 atom stereocenters. The van der Waals surface area contributed by atoms with E-state index in [1.54, 1.807) is 4.57 Å². The molecule has 2 fully saturated rings. The lowest BCUT2D eigenvalue weighted by atomic mass is 9.87. The van der Waals surface area contributed by atoms with Gasteiger partial charge < -0.3 is 15.1 Å². The van der Waals surface area contributed by atoms with Crippen LogP contribution in [0.2, 0.25) is 0 Å². The van der Waals surface area contributed by atoms with E-state index >= 15 is 13.2 Å². The number of hydrogen-bond donors (Lipinski definition) is 1. The molecule has 1 N–H and O–H groups in total. The summed E-state index contributed by atoms with van der Waals surface area (Å²) in [6.07, 6.45) is 6.38. The van der Waals surface area contributed by atoms with Crippen molar-refractivity contribution in [3.8, 4) is 0 Å². The second-order valence-corrected chi connectivity index (χ2v) is 13.3. The van der Waals surface area contributed by atoms with Gasteiger partial charge in [-0.05, 0) is 71.1 Å². The minimum absolute atomic E-state index is 0.0260. The highest BCUT2D eigenvalue weighted by Gasteiger charge is 2.38. The summed E-state index contributed by atoms with van der Waals surface area (Å²) in [5.74, 6) is -3.81. The van der Waals surface area contributed by atoms with Crippen LogP contribution in [0.1, 0.15) is 69.9 Å². The first kappa shape index (κ1) is 31.8. The molecule has 45 heavy (non-hydrogen) atoms. The van der Waals surface area contributed by atoms with E-state index in [9.17, 15) is 4.79 Å². The van der Waals surface area contributed by atoms with E-state index in [1.165, 1.54) is 24.5 Å². The van der Waals surface area contributed by atoms with Crippen LogP contribution in [0.4, 0.5) is 24.7 Å². The second kappa shape index (κ2) is 13.7. The van der Waals surface area contributed by atoms with Gasteiger partial charge in [-0.25, -0.2) is 23.1 Å². The lowest BCUT2D eigenvalue weighted by molar-refractivity contribution is -0.0401. The monoisotopic (exact) mass is 625 g/mol. The number of benzene rings is 1. The van der Waals surface area contributed by atoms with Gasteiger partial charge in [0, 0.05) is 57.3 Å². The predicted octanol–water partition coefficient (Wildman–Crippen LogP) is 5.84. The maximum Gasteiger partial charge on any atom is 0.276 e. The minimum atomic E-state index is -3.25. The van der Waals surface area contributed by atoms with Crippen molar-refractivity contribution >= 4 is 22.5 Å². The Hall–Kier alpha value is -3.18. The van der Waals surface area contributed by atoms with Gasteiger partial charge in [0.25, 0.3) is 11.5 Å². The molecule has 4 aliphatic rings. The summed E-state index contributed by atoms with van der Waals surface area (Å²) in [5, 5.41) is 3.86. The molecule has 0 spiro atoms. The van der Waals surface area contributed by atoms with Crippen LogP contribution < -0.4 is 15.8 Å². The number of aryl methyl sites for hydroxylation is 1. The molecule has 0 radical (unpaired) electrons. The number of nitrogens with zero attached hydrogens (tertiary/aromatic N) is 6. The number of fused-ring (bicyclic) bond motifs is 9. The lowest BCUT2D eigenvalue weighted by Gasteiger charge is -2.38. The van der Waals surface area contributed by atoms with Gasteiger partial charge in [-0.1, -0.05) is 31.0 Å². The van der Waals surface area contributed by atoms with Crippen LogP contribution in [-0.2, 0) is 19.0 Å². The highest BCUT2D eigenvalue weighted by molar-refractivity contribution is 5.89. The number of hydrogen-bond acceptors (Lipinski definition) is 7. The molecule has 1 aromatic carbocycles. The first-order chi connectivity index (χ1) is 21.7. The van der Waals surface area contributed by atoms with Crippen LogP contribution in [-0.4, -0.2) is 76.2 Å². The third-order valence-corrected chi connectivity index (χ3v) is 10.0. The van der Waals surface area contributed by atoms with Gasteiger partial charge in [-0.2, -0.15) is 0 Å². The van der Waals surface area contributed by atoms with Crippen molar-refractivity contribution < 1.29 is 13.2 Å². The molecule has 244 valence electrons. The Balaban J connectivity index is 1.36. The van der Waals surface area contributed by atoms with E-state index in [0.717, 1.165) is 71.5 Å². The molecular weight excluding hydrogens is 579 g/mol. The van der Waals surface area contributed by atoms with Crippen molar-refractivity contribution in [2.75, 3.05) is 56.0 Å². The smallest absolute Gasteiger partial charge is 0.276 e. The number of aromatic nitrogens is 3. The Morgan fingerprint density at radius 3 is 2.40 bits per heavy atom. The summed E-state index contributed by atoms with van der Waals surface area (Å²) in [7, 11) is 0. The topological polar surface area (TPSA) is 69.5 Å². The lowest BCUT2D eigenvalue weighted by Crippen LogP contribution is -2.50. The summed E-state index contributed by atoms with van der Waals surface area (Å²) < 4.78 is 48.6. The van der Waals surface area contributed by atoms with Crippen LogP contribution in [0, 0.1) is 11.7 Å². The van der Waals surface area contributed by atoms with Gasteiger partial charge in [0.05, 0.1) is 10.9 Å². The molecule has 3 aromatic rings. The largest absolute Gasteiger partial charge is 0.365 e. The van der Waals surface area contributed by atoms with Gasteiger partial charge in [-0.15, -0.1) is 0 Å². The Labute approximate surface area is 263 Å². The number of piperidine rings is 1. The Kier molecular flexibility index (Phi) is 9.65. The maximum atomic E-state index is 15.7. The number of piperazine rings is 1. The Morgan fingerprint density at radius 2 is 1.67 bits per heavy atom. The fourth-order valence-corrected chi connectivity index (χ4v) is 7.24. The first-order valence-corrected chi connectivity index (χ1v) is 16.7. The van der Waals surface area contributed by atoms with Crippen LogP contribution >= 0.6 is 0 Å². The van der Waals surface area contributed by atoms with Crippen molar-refractivity contribution in [1.29, 1.82) is 0 Å². The van der Waals surface area contributed by atoms with Crippen LogP contribution in [0.5, 0.6) is 0 Å². The number of anilines is 2. The molecule has 6 heterocycles. The average molecular weight is 626 g/mol. The zero-order valence-electron chi connectivity index (χ0n) is 26.6. The SMILES string of the molecule is CC(C)N1CCN(c2cc3c4ncnc3n(c2=O)CCCCCCN2CCC(CC2)CC(F)(F)c2cccc(c2F)CN4)CC1. The van der Waals surface area contributed by atoms with Gasteiger partial charge in [0.1, 0.15) is 29.3 Å². The van der Waals surface area contributed by atoms with Gasteiger partial charge in [0.15, 0.2) is 0 Å². The molecule has 8 bridgehead atoms. The summed E-state index contributed by atoms with van der Waals surface area (Å²) in [6, 6.07) is 6.55. The Morgan fingerprint density at radius 1 is 0.933 bits per heavy atom. The fourth-order valence-electron chi connectivity index (χ4n) is 7.24. The van der Waals surface area contributed by atoms with E-state index < -0.39 is 17.3 Å². The van der Waals surface area contributed by atoms with Crippen LogP contribution in [0.3, 0.4) is 0 Å². The quantitative estimate of drug-likeness (QED) is 0.384. The van der Waals surface area contributed by atoms with Crippen molar-refractivity contribution in [3.63, 3.8) is 0 Å². The predicted molar refractivity (Wildman–Crippen MR) is 173 cm³/mol. The molecule has 7 rings (SSSR count). The number of rotatable bonds is 2. The van der Waals surface area contributed by atoms with Gasteiger partial charge in [-0.3, -0.25) is 14.3 Å². The van der Waals surface area contributed by atoms with Crippen molar-refractivity contribution in [1.82, 2.24) is 24.3 Å². The molecule has 2 saturated heterocycles. The molecule has 0 saturated carbocycles. The number of pyridine rings is 1. The molecule has 11 heteroatoms. The number of nitrogens with one attached hydrogen (secondary N) is 1. The zero-order chi connectivity index (χ0) is 31.6. The molecule has 8 nitrogen and oxygen atoms in total. The van der Waals surface area contributed by atoms with Gasteiger partial charge >= 0.3 is 0 Å². The maximum absolute atomic E-state index is 15.7. The van der Waals surface area contributed by atoms with Crippen LogP contribution in [0.15, 0.2) is 35.4 Å². The molecule has 0 amide bonds. The van der Waals surface area contributed by atoms with Gasteiger partial charge in [0.2, 0.25) is 0 Å². The summed E-state index contributed by atoms with van der Waals surface area (Å²) in [5.41, 5.74) is 0.681. The van der Waals surface area contributed by atoms with E-state index in [0.29, 0.717) is 48.0 Å². The summed E-state index contributed by atoms with van der Waals surface area (Å²) in [4.78, 5) is 29.9. The van der Waals surface area contributed by atoms with E-state index in [2.05, 4.69) is 43.8 Å². The first-order valence-electron chi connectivity index (χ1n) is 16.7. The Bertz CT molecular complexity index is 1530. The molecule has 0 unspecified atom stereocenters. The fraction of sp³-hybridized carbons (Fsp3) is 0.618. The number of halogens is 3. The summed E-state index contributed by atoms with van der Waals surface area (Å²) in [6.45, 7) is 10.6. The number of alkyl halides is 2. The highest BCUT2D eigenvalue weighted by atomic mass is 19.3. The van der Waals surface area contributed by atoms with Crippen molar-refractivity contribution in [2.45, 2.75) is 83.8 Å². The third-order valence-electron chi connectivity index (χ3n) is 10.0. The molecule has 0 aliphatic carbocycles. The van der Waals surface area contributed by atoms with Crippen LogP contribution in [0.25, 0.3) is 11.0 Å². The summed E-state index contributed by atoms with van der Waals surface area (Å²) >= 11 is 0. The van der Waals surface area contributed by atoms with E-state index in [-0.39, 0.29) is 30.0 Å². The standard InChI is InChI=1S/C34H46F3N7O/c1-24(2)42-16-18-43(19-17-42)29-20-27-31-38-22-26-8-7-9-28(30(26)35)34(36,37)21-25-10-14-41(15-11-25)12-5-3-4-6-13-44(33(29)45)32(27)40-23-39-31/h7-9,20,23-25H,3-6,10-19,21-22H2,1-2H3,(H,38,39,40). The van der Waals surface area contributed by atoms with Crippen molar-refractivity contribution in [3.05, 3.63) is 57.9 Å². The minimum Gasteiger partial charge on any atom is -0.365 e. The van der Waals surface area contributed by atoms with Crippen molar-refractivity contribution in [2.24, 2.45) is 5.92 Å². The van der Waals surface area contributed by atoms with E-state index in [1.807, 2.05) is 6.07 Å².